The topological polar surface area (TPSA) is 26.7 Å². The van der Waals surface area contributed by atoms with E-state index in [0.29, 0.717) is 10.8 Å². The van der Waals surface area contributed by atoms with Crippen LogP contribution in [0.15, 0.2) is 103 Å². The van der Waals surface area contributed by atoms with Gasteiger partial charge in [-0.05, 0) is 47.0 Å². The molecule has 1 heterocycles. The molecule has 0 radical (unpaired) electrons. The molecular weight excluding hydrogens is 475 g/mol. The van der Waals surface area contributed by atoms with Gasteiger partial charge in [-0.15, -0.1) is 0 Å². The number of phenolic OH excluding ortho intramolecular Hbond substituents is 1. The van der Waals surface area contributed by atoms with Gasteiger partial charge in [0.25, 0.3) is 0 Å². The number of para-hydroxylation sites is 1. The molecule has 0 amide bonds. The predicted octanol–water partition coefficient (Wildman–Crippen LogP) is 7.20. The lowest BCUT2D eigenvalue weighted by Crippen LogP contribution is -2.49. The fraction of sp³-hybridized carbons (Fsp3) is 0.200. The molecule has 0 aliphatic carbocycles. The Morgan fingerprint density at radius 1 is 0.514 bits per heavy atom. The van der Waals surface area contributed by atoms with Crippen LogP contribution < -0.4 is 0 Å². The first-order valence-electron chi connectivity index (χ1n) is 11.9. The average Bonchev–Trinajstić information content (AvgIpc) is 2.89. The predicted molar refractivity (Wildman–Crippen MR) is 144 cm³/mol. The van der Waals surface area contributed by atoms with Crippen molar-refractivity contribution in [3.63, 3.8) is 0 Å². The number of hydrogen-bond acceptors (Lipinski definition) is 3. The van der Waals surface area contributed by atoms with Crippen molar-refractivity contribution >= 4 is 23.2 Å². The maximum Gasteiger partial charge on any atom is 0.120 e. The molecule has 2 unspecified atom stereocenters. The summed E-state index contributed by atoms with van der Waals surface area (Å²) in [6, 6.07) is 34.6. The van der Waals surface area contributed by atoms with E-state index < -0.39 is 0 Å². The van der Waals surface area contributed by atoms with Crippen molar-refractivity contribution in [2.75, 3.05) is 26.2 Å². The van der Waals surface area contributed by atoms with Gasteiger partial charge in [0, 0.05) is 41.8 Å². The van der Waals surface area contributed by atoms with E-state index in [1.54, 1.807) is 6.07 Å². The highest BCUT2D eigenvalue weighted by Crippen LogP contribution is 2.37. The smallest absolute Gasteiger partial charge is 0.120 e. The van der Waals surface area contributed by atoms with Crippen molar-refractivity contribution in [3.8, 4) is 5.75 Å². The van der Waals surface area contributed by atoms with Crippen LogP contribution in [0.5, 0.6) is 5.75 Å². The zero-order valence-corrected chi connectivity index (χ0v) is 20.9. The highest BCUT2D eigenvalue weighted by atomic mass is 35.5. The van der Waals surface area contributed by atoms with Crippen LogP contribution in [0.3, 0.4) is 0 Å². The summed E-state index contributed by atoms with van der Waals surface area (Å²) < 4.78 is 0. The molecule has 5 heteroatoms. The van der Waals surface area contributed by atoms with Crippen molar-refractivity contribution in [2.45, 2.75) is 12.1 Å². The van der Waals surface area contributed by atoms with Gasteiger partial charge in [0.05, 0.1) is 12.1 Å². The zero-order valence-electron chi connectivity index (χ0n) is 19.4. The van der Waals surface area contributed by atoms with Gasteiger partial charge in [-0.25, -0.2) is 0 Å². The summed E-state index contributed by atoms with van der Waals surface area (Å²) in [7, 11) is 0. The Balaban J connectivity index is 1.43. The van der Waals surface area contributed by atoms with E-state index in [4.69, 9.17) is 23.2 Å². The molecule has 1 fully saturated rings. The van der Waals surface area contributed by atoms with E-state index in [0.717, 1.165) is 42.3 Å². The van der Waals surface area contributed by atoms with Crippen molar-refractivity contribution in [1.82, 2.24) is 9.80 Å². The van der Waals surface area contributed by atoms with E-state index in [2.05, 4.69) is 64.4 Å². The summed E-state index contributed by atoms with van der Waals surface area (Å²) in [5.74, 6) is 0.318. The molecule has 1 aliphatic rings. The second kappa shape index (κ2) is 10.8. The third-order valence-corrected chi connectivity index (χ3v) is 7.30. The molecule has 35 heavy (non-hydrogen) atoms. The van der Waals surface area contributed by atoms with Crippen LogP contribution in [0.4, 0.5) is 0 Å². The van der Waals surface area contributed by atoms with E-state index in [1.165, 1.54) is 11.1 Å². The summed E-state index contributed by atoms with van der Waals surface area (Å²) in [6.45, 7) is 3.55. The third kappa shape index (κ3) is 5.39. The highest BCUT2D eigenvalue weighted by molar-refractivity contribution is 6.30. The van der Waals surface area contributed by atoms with Gasteiger partial charge >= 0.3 is 0 Å². The van der Waals surface area contributed by atoms with E-state index >= 15 is 0 Å². The number of benzene rings is 4. The first-order valence-corrected chi connectivity index (χ1v) is 12.7. The molecule has 0 spiro atoms. The first-order chi connectivity index (χ1) is 17.1. The summed E-state index contributed by atoms with van der Waals surface area (Å²) in [5.41, 5.74) is 4.56. The van der Waals surface area contributed by atoms with Gasteiger partial charge in [-0.2, -0.15) is 0 Å². The molecule has 1 aliphatic heterocycles. The second-order valence-corrected chi connectivity index (χ2v) is 9.82. The summed E-state index contributed by atoms with van der Waals surface area (Å²) in [6.07, 6.45) is 0. The average molecular weight is 503 g/mol. The number of nitrogens with zero attached hydrogens (tertiary/aromatic N) is 2. The normalized spacial score (nSPS) is 16.6. The number of aromatic hydroxyl groups is 1. The summed E-state index contributed by atoms with van der Waals surface area (Å²) in [5, 5.41) is 12.2. The van der Waals surface area contributed by atoms with Gasteiger partial charge in [-0.1, -0.05) is 96.0 Å². The molecule has 4 aromatic carbocycles. The quantitative estimate of drug-likeness (QED) is 0.302. The van der Waals surface area contributed by atoms with E-state index in [-0.39, 0.29) is 12.1 Å². The number of piperazine rings is 1. The Morgan fingerprint density at radius 3 is 1.49 bits per heavy atom. The zero-order chi connectivity index (χ0) is 24.2. The maximum absolute atomic E-state index is 10.7. The van der Waals surface area contributed by atoms with Crippen LogP contribution in [-0.2, 0) is 0 Å². The largest absolute Gasteiger partial charge is 0.508 e. The maximum atomic E-state index is 10.7. The Hall–Kier alpha value is -2.82. The fourth-order valence-corrected chi connectivity index (χ4v) is 5.35. The van der Waals surface area contributed by atoms with Crippen LogP contribution in [0, 0.1) is 0 Å². The lowest BCUT2D eigenvalue weighted by Gasteiger charge is -2.43. The van der Waals surface area contributed by atoms with Crippen molar-refractivity contribution in [2.24, 2.45) is 0 Å². The number of phenols is 1. The number of halogens is 2. The Labute approximate surface area is 217 Å². The molecule has 2 atom stereocenters. The highest BCUT2D eigenvalue weighted by Gasteiger charge is 2.31. The van der Waals surface area contributed by atoms with Gasteiger partial charge in [0.1, 0.15) is 5.75 Å². The monoisotopic (exact) mass is 502 g/mol. The van der Waals surface area contributed by atoms with Crippen molar-refractivity contribution in [1.29, 1.82) is 0 Å². The Bertz CT molecular complexity index is 1240. The Kier molecular flexibility index (Phi) is 7.40. The molecule has 3 nitrogen and oxygen atoms in total. The van der Waals surface area contributed by atoms with Crippen LogP contribution in [0.2, 0.25) is 10.0 Å². The lowest BCUT2D eigenvalue weighted by molar-refractivity contribution is 0.0891. The minimum absolute atomic E-state index is 0.0404. The Morgan fingerprint density at radius 2 is 0.943 bits per heavy atom. The van der Waals surface area contributed by atoms with Crippen LogP contribution >= 0.6 is 23.2 Å². The molecular formula is C30H28Cl2N2O. The standard InChI is InChI=1S/C30H28Cl2N2O/c31-25-14-10-23(11-15-25)29(22-6-2-1-3-7-22)33-18-20-34(21-19-33)30(24-12-16-26(32)17-13-24)27-8-4-5-9-28(27)35/h1-17,29-30,35H,18-21H2. The minimum Gasteiger partial charge on any atom is -0.508 e. The van der Waals surface area contributed by atoms with Gasteiger partial charge in [0.15, 0.2) is 0 Å². The molecule has 0 aromatic heterocycles. The lowest BCUT2D eigenvalue weighted by atomic mass is 9.94. The van der Waals surface area contributed by atoms with Crippen LogP contribution in [-0.4, -0.2) is 41.1 Å². The summed E-state index contributed by atoms with van der Waals surface area (Å²) in [4.78, 5) is 5.00. The SMILES string of the molecule is Oc1ccccc1C(c1ccc(Cl)cc1)N1CCN(C(c2ccccc2)c2ccc(Cl)cc2)CC1. The van der Waals surface area contributed by atoms with Gasteiger partial charge < -0.3 is 5.11 Å². The molecule has 0 saturated carbocycles. The number of hydrogen-bond donors (Lipinski definition) is 1. The fourth-order valence-electron chi connectivity index (χ4n) is 5.10. The second-order valence-electron chi connectivity index (χ2n) is 8.95. The molecule has 178 valence electrons. The molecule has 0 bridgehead atoms. The molecule has 1 saturated heterocycles. The molecule has 5 rings (SSSR count). The third-order valence-electron chi connectivity index (χ3n) is 6.80. The van der Waals surface area contributed by atoms with Crippen LogP contribution in [0.25, 0.3) is 0 Å². The van der Waals surface area contributed by atoms with Gasteiger partial charge in [-0.3, -0.25) is 9.80 Å². The minimum atomic E-state index is -0.0404. The van der Waals surface area contributed by atoms with E-state index in [9.17, 15) is 5.11 Å². The first kappa shape index (κ1) is 23.9. The van der Waals surface area contributed by atoms with Gasteiger partial charge in [0.2, 0.25) is 0 Å². The summed E-state index contributed by atoms with van der Waals surface area (Å²) >= 11 is 12.4. The van der Waals surface area contributed by atoms with E-state index in [1.807, 2.05) is 42.5 Å². The molecule has 4 aromatic rings. The van der Waals surface area contributed by atoms with Crippen LogP contribution in [0.1, 0.15) is 34.3 Å². The van der Waals surface area contributed by atoms with Crippen molar-refractivity contribution < 1.29 is 5.11 Å². The molecule has 1 N–H and O–H groups in total. The number of rotatable bonds is 6. The van der Waals surface area contributed by atoms with Crippen molar-refractivity contribution in [3.05, 3.63) is 135 Å².